The average molecular weight is 240 g/mol. The van der Waals surface area contributed by atoms with Crippen molar-refractivity contribution in [3.8, 4) is 0 Å². The number of ether oxygens (including phenoxy) is 1. The average Bonchev–Trinajstić information content (AvgIpc) is 2.82. The van der Waals surface area contributed by atoms with Gasteiger partial charge < -0.3 is 15.0 Å². The standard InChI is InChI=1S/C13H24N2O2/c1-11-5-2-3-9-15(11)13(16)14-8-7-12-6-4-10-17-12/h11-12H,2-10H2,1H3,(H,14,16)/t11-,12-/m0/s1. The molecular weight excluding hydrogens is 216 g/mol. The third-order valence-corrected chi connectivity index (χ3v) is 3.83. The van der Waals surface area contributed by atoms with Crippen molar-refractivity contribution in [2.45, 2.75) is 57.6 Å². The molecule has 0 aromatic carbocycles. The Morgan fingerprint density at radius 2 is 2.24 bits per heavy atom. The Bertz CT molecular complexity index is 252. The molecule has 0 unspecified atom stereocenters. The van der Waals surface area contributed by atoms with Crippen molar-refractivity contribution in [3.63, 3.8) is 0 Å². The van der Waals surface area contributed by atoms with Crippen LogP contribution in [0.4, 0.5) is 4.79 Å². The highest BCUT2D eigenvalue weighted by atomic mass is 16.5. The van der Waals surface area contributed by atoms with E-state index in [1.54, 1.807) is 0 Å². The highest BCUT2D eigenvalue weighted by Gasteiger charge is 2.23. The van der Waals surface area contributed by atoms with Crippen LogP contribution in [0.3, 0.4) is 0 Å². The molecule has 2 aliphatic heterocycles. The van der Waals surface area contributed by atoms with Gasteiger partial charge in [0.15, 0.2) is 0 Å². The number of carbonyl (C=O) groups excluding carboxylic acids is 1. The molecule has 0 aromatic rings. The zero-order chi connectivity index (χ0) is 12.1. The number of hydrogen-bond acceptors (Lipinski definition) is 2. The smallest absolute Gasteiger partial charge is 0.317 e. The summed E-state index contributed by atoms with van der Waals surface area (Å²) >= 11 is 0. The fourth-order valence-electron chi connectivity index (χ4n) is 2.71. The zero-order valence-corrected chi connectivity index (χ0v) is 10.8. The monoisotopic (exact) mass is 240 g/mol. The minimum atomic E-state index is 0.107. The van der Waals surface area contributed by atoms with E-state index in [4.69, 9.17) is 4.74 Å². The van der Waals surface area contributed by atoms with Gasteiger partial charge in [-0.25, -0.2) is 4.79 Å². The normalized spacial score (nSPS) is 29.4. The second-order valence-electron chi connectivity index (χ2n) is 5.19. The van der Waals surface area contributed by atoms with Crippen LogP contribution in [0, 0.1) is 0 Å². The van der Waals surface area contributed by atoms with Crippen LogP contribution in [0.5, 0.6) is 0 Å². The molecule has 2 atom stereocenters. The van der Waals surface area contributed by atoms with Gasteiger partial charge in [-0.05, 0) is 45.4 Å². The third-order valence-electron chi connectivity index (χ3n) is 3.83. The van der Waals surface area contributed by atoms with Gasteiger partial charge in [0.2, 0.25) is 0 Å². The van der Waals surface area contributed by atoms with Crippen molar-refractivity contribution in [3.05, 3.63) is 0 Å². The predicted molar refractivity (Wildman–Crippen MR) is 67.0 cm³/mol. The molecule has 0 saturated carbocycles. The Balaban J connectivity index is 1.65. The largest absolute Gasteiger partial charge is 0.378 e. The molecule has 2 saturated heterocycles. The molecule has 2 fully saturated rings. The van der Waals surface area contributed by atoms with E-state index in [2.05, 4.69) is 12.2 Å². The van der Waals surface area contributed by atoms with Crippen molar-refractivity contribution < 1.29 is 9.53 Å². The van der Waals surface area contributed by atoms with Crippen molar-refractivity contribution >= 4 is 6.03 Å². The summed E-state index contributed by atoms with van der Waals surface area (Å²) in [6.07, 6.45) is 7.17. The lowest BCUT2D eigenvalue weighted by molar-refractivity contribution is 0.103. The molecule has 0 aromatic heterocycles. The Morgan fingerprint density at radius 3 is 2.94 bits per heavy atom. The van der Waals surface area contributed by atoms with E-state index in [0.29, 0.717) is 12.1 Å². The zero-order valence-electron chi connectivity index (χ0n) is 10.8. The first-order chi connectivity index (χ1) is 8.27. The maximum absolute atomic E-state index is 12.0. The molecule has 0 aliphatic carbocycles. The van der Waals surface area contributed by atoms with Crippen LogP contribution in [-0.4, -0.2) is 42.8 Å². The molecule has 0 bridgehead atoms. The number of rotatable bonds is 3. The number of piperidine rings is 1. The molecular formula is C13H24N2O2. The van der Waals surface area contributed by atoms with E-state index in [9.17, 15) is 4.79 Å². The van der Waals surface area contributed by atoms with E-state index in [-0.39, 0.29) is 6.03 Å². The van der Waals surface area contributed by atoms with Gasteiger partial charge in [-0.2, -0.15) is 0 Å². The van der Waals surface area contributed by atoms with Crippen LogP contribution in [0.1, 0.15) is 45.4 Å². The topological polar surface area (TPSA) is 41.6 Å². The van der Waals surface area contributed by atoms with E-state index in [1.807, 2.05) is 4.90 Å². The number of carbonyl (C=O) groups is 1. The summed E-state index contributed by atoms with van der Waals surface area (Å²) in [5, 5.41) is 3.02. The summed E-state index contributed by atoms with van der Waals surface area (Å²) in [6.45, 7) is 4.68. The van der Waals surface area contributed by atoms with Crippen molar-refractivity contribution in [2.24, 2.45) is 0 Å². The highest BCUT2D eigenvalue weighted by Crippen LogP contribution is 2.17. The lowest BCUT2D eigenvalue weighted by Gasteiger charge is -2.33. The van der Waals surface area contributed by atoms with Crippen LogP contribution in [0.2, 0.25) is 0 Å². The van der Waals surface area contributed by atoms with Crippen molar-refractivity contribution in [2.75, 3.05) is 19.7 Å². The first-order valence-corrected chi connectivity index (χ1v) is 6.93. The van der Waals surface area contributed by atoms with Gasteiger partial charge in [-0.15, -0.1) is 0 Å². The summed E-state index contributed by atoms with van der Waals surface area (Å²) in [5.41, 5.74) is 0. The summed E-state index contributed by atoms with van der Waals surface area (Å²) in [5.74, 6) is 0. The third kappa shape index (κ3) is 3.60. The Hall–Kier alpha value is -0.770. The molecule has 17 heavy (non-hydrogen) atoms. The maximum Gasteiger partial charge on any atom is 0.317 e. The Kier molecular flexibility index (Phi) is 4.66. The SMILES string of the molecule is C[C@H]1CCCCN1C(=O)NCC[C@@H]1CCCO1. The van der Waals surface area contributed by atoms with Gasteiger partial charge in [-0.1, -0.05) is 0 Å². The molecule has 0 radical (unpaired) electrons. The molecule has 2 rings (SSSR count). The molecule has 2 aliphatic rings. The van der Waals surface area contributed by atoms with E-state index in [1.165, 1.54) is 12.8 Å². The second kappa shape index (κ2) is 6.24. The number of amides is 2. The first-order valence-electron chi connectivity index (χ1n) is 6.93. The molecule has 2 amide bonds. The fraction of sp³-hybridized carbons (Fsp3) is 0.923. The van der Waals surface area contributed by atoms with Gasteiger partial charge in [0, 0.05) is 25.7 Å². The summed E-state index contributed by atoms with van der Waals surface area (Å²) < 4.78 is 5.54. The fourth-order valence-corrected chi connectivity index (χ4v) is 2.71. The number of nitrogens with one attached hydrogen (secondary N) is 1. The molecule has 98 valence electrons. The number of urea groups is 1. The molecule has 1 N–H and O–H groups in total. The van der Waals surface area contributed by atoms with Crippen LogP contribution >= 0.6 is 0 Å². The van der Waals surface area contributed by atoms with Crippen LogP contribution in [0.25, 0.3) is 0 Å². The van der Waals surface area contributed by atoms with Crippen molar-refractivity contribution in [1.82, 2.24) is 10.2 Å². The Labute approximate surface area is 104 Å². The van der Waals surface area contributed by atoms with Crippen LogP contribution in [-0.2, 0) is 4.74 Å². The van der Waals surface area contributed by atoms with Gasteiger partial charge in [-0.3, -0.25) is 0 Å². The number of hydrogen-bond donors (Lipinski definition) is 1. The van der Waals surface area contributed by atoms with Crippen LogP contribution in [0.15, 0.2) is 0 Å². The molecule has 4 heteroatoms. The van der Waals surface area contributed by atoms with E-state index < -0.39 is 0 Å². The number of nitrogens with zero attached hydrogens (tertiary/aromatic N) is 1. The van der Waals surface area contributed by atoms with Gasteiger partial charge >= 0.3 is 6.03 Å². The lowest BCUT2D eigenvalue weighted by atomic mass is 10.0. The maximum atomic E-state index is 12.0. The second-order valence-corrected chi connectivity index (χ2v) is 5.19. The van der Waals surface area contributed by atoms with E-state index >= 15 is 0 Å². The molecule has 2 heterocycles. The Morgan fingerprint density at radius 1 is 1.35 bits per heavy atom. The number of likely N-dealkylation sites (tertiary alicyclic amines) is 1. The summed E-state index contributed by atoms with van der Waals surface area (Å²) in [6, 6.07) is 0.502. The molecule has 4 nitrogen and oxygen atoms in total. The first kappa shape index (κ1) is 12.7. The highest BCUT2D eigenvalue weighted by molar-refractivity contribution is 5.74. The lowest BCUT2D eigenvalue weighted by Crippen LogP contribution is -2.47. The van der Waals surface area contributed by atoms with Crippen molar-refractivity contribution in [1.29, 1.82) is 0 Å². The minimum absolute atomic E-state index is 0.107. The van der Waals surface area contributed by atoms with Gasteiger partial charge in [0.25, 0.3) is 0 Å². The summed E-state index contributed by atoms with van der Waals surface area (Å²) in [4.78, 5) is 13.9. The quantitative estimate of drug-likeness (QED) is 0.821. The predicted octanol–water partition coefficient (Wildman–Crippen LogP) is 2.14. The van der Waals surface area contributed by atoms with Gasteiger partial charge in [0.05, 0.1) is 6.10 Å². The molecule has 0 spiro atoms. The van der Waals surface area contributed by atoms with E-state index in [0.717, 1.165) is 45.4 Å². The summed E-state index contributed by atoms with van der Waals surface area (Å²) in [7, 11) is 0. The minimum Gasteiger partial charge on any atom is -0.378 e. The van der Waals surface area contributed by atoms with Crippen LogP contribution < -0.4 is 5.32 Å². The van der Waals surface area contributed by atoms with Gasteiger partial charge in [0.1, 0.15) is 0 Å².